The highest BCUT2D eigenvalue weighted by molar-refractivity contribution is 5.50. The van der Waals surface area contributed by atoms with Crippen LogP contribution in [0, 0.1) is 5.82 Å². The van der Waals surface area contributed by atoms with Crippen LogP contribution in [0.5, 0.6) is 0 Å². The van der Waals surface area contributed by atoms with Crippen LogP contribution in [0.3, 0.4) is 0 Å². The molecule has 3 rings (SSSR count). The van der Waals surface area contributed by atoms with E-state index >= 15 is 0 Å². The van der Waals surface area contributed by atoms with Crippen LogP contribution in [0.25, 0.3) is 0 Å². The van der Waals surface area contributed by atoms with Crippen molar-refractivity contribution in [2.75, 3.05) is 18.0 Å². The van der Waals surface area contributed by atoms with E-state index in [2.05, 4.69) is 22.3 Å². The quantitative estimate of drug-likeness (QED) is 0.894. The molecule has 1 N–H and O–H groups in total. The molecule has 1 aliphatic heterocycles. The Morgan fingerprint density at radius 2 is 1.59 bits per heavy atom. The van der Waals surface area contributed by atoms with Gasteiger partial charge < -0.3 is 10.2 Å². The van der Waals surface area contributed by atoms with Gasteiger partial charge in [-0.25, -0.2) is 4.39 Å². The highest BCUT2D eigenvalue weighted by Crippen LogP contribution is 2.24. The molecule has 0 amide bonds. The number of nitrogens with zero attached hydrogens (tertiary/aromatic N) is 1. The Kier molecular flexibility index (Phi) is 5.07. The minimum absolute atomic E-state index is 0.103. The van der Waals surface area contributed by atoms with Crippen molar-refractivity contribution in [1.82, 2.24) is 5.32 Å². The Morgan fingerprint density at radius 3 is 2.36 bits per heavy atom. The summed E-state index contributed by atoms with van der Waals surface area (Å²) in [6.45, 7) is 3.53. The van der Waals surface area contributed by atoms with Gasteiger partial charge in [0.1, 0.15) is 5.82 Å². The second-order valence-corrected chi connectivity index (χ2v) is 5.92. The van der Waals surface area contributed by atoms with Crippen LogP contribution in [0.1, 0.15) is 30.4 Å². The van der Waals surface area contributed by atoms with Gasteiger partial charge in [0.05, 0.1) is 5.69 Å². The van der Waals surface area contributed by atoms with Crippen molar-refractivity contribution >= 4 is 5.69 Å². The summed E-state index contributed by atoms with van der Waals surface area (Å²) in [5, 5.41) is 3.43. The maximum atomic E-state index is 14.1. The molecule has 22 heavy (non-hydrogen) atoms. The maximum Gasteiger partial charge on any atom is 0.146 e. The third kappa shape index (κ3) is 3.86. The second kappa shape index (κ2) is 7.41. The van der Waals surface area contributed by atoms with Gasteiger partial charge >= 0.3 is 0 Å². The smallest absolute Gasteiger partial charge is 0.146 e. The molecule has 1 aliphatic rings. The van der Waals surface area contributed by atoms with E-state index in [0.717, 1.165) is 50.3 Å². The Labute approximate surface area is 132 Å². The second-order valence-electron chi connectivity index (χ2n) is 5.92. The highest BCUT2D eigenvalue weighted by Gasteiger charge is 2.15. The molecule has 1 heterocycles. The van der Waals surface area contributed by atoms with Crippen molar-refractivity contribution in [3.8, 4) is 0 Å². The summed E-state index contributed by atoms with van der Waals surface area (Å²) >= 11 is 0. The van der Waals surface area contributed by atoms with Crippen molar-refractivity contribution in [2.24, 2.45) is 0 Å². The van der Waals surface area contributed by atoms with E-state index in [1.807, 2.05) is 30.3 Å². The fourth-order valence-electron chi connectivity index (χ4n) is 2.99. The number of halogens is 1. The van der Waals surface area contributed by atoms with Gasteiger partial charge in [-0.05, 0) is 42.5 Å². The summed E-state index contributed by atoms with van der Waals surface area (Å²) in [5.41, 5.74) is 3.16. The minimum atomic E-state index is -0.103. The first-order valence-electron chi connectivity index (χ1n) is 8.11. The minimum Gasteiger partial charge on any atom is -0.369 e. The standard InChI is InChI=1S/C19H23FN2/c20-18-10-9-17(13-19(18)22-11-5-2-6-12-22)15-21-14-16-7-3-1-4-8-16/h1,3-4,7-10,13,21H,2,5-6,11-12,14-15H2. The van der Waals surface area contributed by atoms with E-state index in [-0.39, 0.29) is 5.82 Å². The lowest BCUT2D eigenvalue weighted by Gasteiger charge is -2.29. The number of rotatable bonds is 5. The first-order valence-corrected chi connectivity index (χ1v) is 8.11. The van der Waals surface area contributed by atoms with Crippen molar-refractivity contribution in [3.05, 3.63) is 65.5 Å². The molecule has 0 saturated carbocycles. The normalized spacial score (nSPS) is 15.0. The average molecular weight is 298 g/mol. The van der Waals surface area contributed by atoms with Crippen LogP contribution in [0.4, 0.5) is 10.1 Å². The van der Waals surface area contributed by atoms with E-state index in [0.29, 0.717) is 0 Å². The van der Waals surface area contributed by atoms with Crippen LogP contribution in [-0.2, 0) is 13.1 Å². The molecule has 2 nitrogen and oxygen atoms in total. The zero-order valence-corrected chi connectivity index (χ0v) is 12.9. The number of piperidine rings is 1. The van der Waals surface area contributed by atoms with Crippen molar-refractivity contribution in [3.63, 3.8) is 0 Å². The van der Waals surface area contributed by atoms with Gasteiger partial charge in [-0.1, -0.05) is 36.4 Å². The Hall–Kier alpha value is -1.87. The molecule has 0 unspecified atom stereocenters. The van der Waals surface area contributed by atoms with Crippen LogP contribution in [-0.4, -0.2) is 13.1 Å². The lowest BCUT2D eigenvalue weighted by atomic mass is 10.1. The summed E-state index contributed by atoms with van der Waals surface area (Å²) in [6.07, 6.45) is 3.59. The van der Waals surface area contributed by atoms with E-state index in [9.17, 15) is 4.39 Å². The molecule has 116 valence electrons. The third-order valence-electron chi connectivity index (χ3n) is 4.21. The molecule has 0 bridgehead atoms. The fraction of sp³-hybridized carbons (Fsp3) is 0.368. The summed E-state index contributed by atoms with van der Waals surface area (Å²) < 4.78 is 14.1. The van der Waals surface area contributed by atoms with Crippen molar-refractivity contribution in [2.45, 2.75) is 32.4 Å². The van der Waals surface area contributed by atoms with Crippen LogP contribution < -0.4 is 10.2 Å². The molecule has 2 aromatic rings. The molecular weight excluding hydrogens is 275 g/mol. The number of anilines is 1. The average Bonchev–Trinajstić information content (AvgIpc) is 2.58. The molecule has 0 aliphatic carbocycles. The zero-order valence-electron chi connectivity index (χ0n) is 12.9. The van der Waals surface area contributed by atoms with Gasteiger partial charge in [0.2, 0.25) is 0 Å². The number of nitrogens with one attached hydrogen (secondary N) is 1. The Balaban J connectivity index is 1.61. The zero-order chi connectivity index (χ0) is 15.2. The predicted molar refractivity (Wildman–Crippen MR) is 89.4 cm³/mol. The number of benzene rings is 2. The lowest BCUT2D eigenvalue weighted by Crippen LogP contribution is -2.30. The molecule has 3 heteroatoms. The monoisotopic (exact) mass is 298 g/mol. The molecule has 2 aromatic carbocycles. The summed E-state index contributed by atoms with van der Waals surface area (Å²) in [5.74, 6) is -0.103. The van der Waals surface area contributed by atoms with Crippen LogP contribution >= 0.6 is 0 Å². The van der Waals surface area contributed by atoms with E-state index in [1.54, 1.807) is 6.07 Å². The van der Waals surface area contributed by atoms with Gasteiger partial charge in [-0.15, -0.1) is 0 Å². The van der Waals surface area contributed by atoms with Gasteiger partial charge in [0.15, 0.2) is 0 Å². The fourth-order valence-corrected chi connectivity index (χ4v) is 2.99. The van der Waals surface area contributed by atoms with Crippen molar-refractivity contribution in [1.29, 1.82) is 0 Å². The highest BCUT2D eigenvalue weighted by atomic mass is 19.1. The topological polar surface area (TPSA) is 15.3 Å². The van der Waals surface area contributed by atoms with Gasteiger partial charge in [-0.3, -0.25) is 0 Å². The molecule has 1 fully saturated rings. The maximum absolute atomic E-state index is 14.1. The number of hydrogen-bond donors (Lipinski definition) is 1. The lowest BCUT2D eigenvalue weighted by molar-refractivity contribution is 0.556. The molecule has 0 aromatic heterocycles. The third-order valence-corrected chi connectivity index (χ3v) is 4.21. The molecule has 0 radical (unpaired) electrons. The van der Waals surface area contributed by atoms with Crippen molar-refractivity contribution < 1.29 is 4.39 Å². The first kappa shape index (κ1) is 15.0. The molecular formula is C19H23FN2. The number of hydrogen-bond acceptors (Lipinski definition) is 2. The van der Waals surface area contributed by atoms with Gasteiger partial charge in [-0.2, -0.15) is 0 Å². The Morgan fingerprint density at radius 1 is 0.864 bits per heavy atom. The Bertz CT molecular complexity index is 592. The van der Waals surface area contributed by atoms with E-state index in [1.165, 1.54) is 12.0 Å². The van der Waals surface area contributed by atoms with E-state index < -0.39 is 0 Å². The summed E-state index contributed by atoms with van der Waals surface area (Å²) in [4.78, 5) is 2.18. The molecule has 0 atom stereocenters. The van der Waals surface area contributed by atoms with Gasteiger partial charge in [0.25, 0.3) is 0 Å². The molecule has 0 spiro atoms. The van der Waals surface area contributed by atoms with Crippen LogP contribution in [0.15, 0.2) is 48.5 Å². The van der Waals surface area contributed by atoms with Crippen LogP contribution in [0.2, 0.25) is 0 Å². The largest absolute Gasteiger partial charge is 0.369 e. The first-order chi connectivity index (χ1) is 10.8. The van der Waals surface area contributed by atoms with E-state index in [4.69, 9.17) is 0 Å². The molecule has 1 saturated heterocycles. The SMILES string of the molecule is Fc1ccc(CNCc2ccccc2)cc1N1CCCCC1. The van der Waals surface area contributed by atoms with Gasteiger partial charge in [0, 0.05) is 26.2 Å². The summed E-state index contributed by atoms with van der Waals surface area (Å²) in [6, 6.07) is 15.8. The predicted octanol–water partition coefficient (Wildman–Crippen LogP) is 4.11. The summed E-state index contributed by atoms with van der Waals surface area (Å²) in [7, 11) is 0.